The molecule has 0 bridgehead atoms. The zero-order chi connectivity index (χ0) is 14.1. The molecule has 1 atom stereocenters. The van der Waals surface area contributed by atoms with Crippen LogP contribution in [0.5, 0.6) is 0 Å². The number of ether oxygens (including phenoxy) is 3. The molecule has 1 saturated heterocycles. The number of nitrogens with zero attached hydrogens (tertiary/aromatic N) is 1. The van der Waals surface area contributed by atoms with E-state index >= 15 is 0 Å². The van der Waals surface area contributed by atoms with Gasteiger partial charge in [-0.3, -0.25) is 14.5 Å². The Kier molecular flexibility index (Phi) is 7.57. The molecule has 0 aromatic heterocycles. The summed E-state index contributed by atoms with van der Waals surface area (Å²) in [4.78, 5) is 24.4. The van der Waals surface area contributed by atoms with Crippen LogP contribution in [-0.2, 0) is 23.8 Å². The molecule has 0 radical (unpaired) electrons. The number of nitrogens with two attached hydrogens (primary N) is 1. The molecule has 0 aromatic rings. The SMILES string of the molecule is COCCOCCOCCN1C(=O)CCC(N)C1=O. The smallest absolute Gasteiger partial charge is 0.246 e. The minimum absolute atomic E-state index is 0.174. The van der Waals surface area contributed by atoms with Gasteiger partial charge in [-0.05, 0) is 6.42 Å². The number of carbonyl (C=O) groups excluding carboxylic acids is 2. The highest BCUT2D eigenvalue weighted by atomic mass is 16.5. The highest BCUT2D eigenvalue weighted by molar-refractivity contribution is 6.00. The molecule has 7 nitrogen and oxygen atoms in total. The number of imide groups is 1. The zero-order valence-corrected chi connectivity index (χ0v) is 11.3. The van der Waals surface area contributed by atoms with Crippen molar-refractivity contribution in [3.05, 3.63) is 0 Å². The van der Waals surface area contributed by atoms with Gasteiger partial charge in [-0.2, -0.15) is 0 Å². The van der Waals surface area contributed by atoms with Crippen molar-refractivity contribution >= 4 is 11.8 Å². The van der Waals surface area contributed by atoms with Gasteiger partial charge >= 0.3 is 0 Å². The van der Waals surface area contributed by atoms with Crippen LogP contribution in [0.4, 0.5) is 0 Å². The Morgan fingerprint density at radius 1 is 1.16 bits per heavy atom. The van der Waals surface area contributed by atoms with E-state index in [0.29, 0.717) is 45.9 Å². The molecule has 2 amide bonds. The topological polar surface area (TPSA) is 91.1 Å². The van der Waals surface area contributed by atoms with Crippen LogP contribution in [0.3, 0.4) is 0 Å². The van der Waals surface area contributed by atoms with Gasteiger partial charge in [0.25, 0.3) is 0 Å². The van der Waals surface area contributed by atoms with Crippen LogP contribution >= 0.6 is 0 Å². The lowest BCUT2D eigenvalue weighted by atomic mass is 10.1. The summed E-state index contributed by atoms with van der Waals surface area (Å²) in [6.45, 7) is 2.52. The molecule has 0 spiro atoms. The highest BCUT2D eigenvalue weighted by Gasteiger charge is 2.31. The second-order valence-electron chi connectivity index (χ2n) is 4.25. The third kappa shape index (κ3) is 5.65. The Morgan fingerprint density at radius 2 is 1.79 bits per heavy atom. The molecule has 1 rings (SSSR count). The monoisotopic (exact) mass is 274 g/mol. The van der Waals surface area contributed by atoms with Crippen molar-refractivity contribution in [2.45, 2.75) is 18.9 Å². The van der Waals surface area contributed by atoms with E-state index in [2.05, 4.69) is 0 Å². The maximum absolute atomic E-state index is 11.7. The number of carbonyl (C=O) groups is 2. The Hall–Kier alpha value is -1.02. The van der Waals surface area contributed by atoms with E-state index in [1.165, 1.54) is 4.90 Å². The summed E-state index contributed by atoms with van der Waals surface area (Å²) < 4.78 is 15.3. The minimum atomic E-state index is -0.560. The number of amides is 2. The number of methoxy groups -OCH3 is 1. The van der Waals surface area contributed by atoms with Crippen LogP contribution in [0.25, 0.3) is 0 Å². The summed E-state index contributed by atoms with van der Waals surface area (Å²) in [6.07, 6.45) is 0.759. The lowest BCUT2D eigenvalue weighted by Crippen LogP contribution is -2.52. The van der Waals surface area contributed by atoms with Crippen LogP contribution in [0.1, 0.15) is 12.8 Å². The second kappa shape index (κ2) is 8.98. The first-order chi connectivity index (χ1) is 9.16. The fraction of sp³-hybridized carbons (Fsp3) is 0.833. The molecular formula is C12H22N2O5. The van der Waals surface area contributed by atoms with Gasteiger partial charge in [0.15, 0.2) is 0 Å². The first-order valence-corrected chi connectivity index (χ1v) is 6.41. The molecule has 110 valence electrons. The van der Waals surface area contributed by atoms with E-state index in [-0.39, 0.29) is 18.4 Å². The van der Waals surface area contributed by atoms with Crippen molar-refractivity contribution in [2.75, 3.05) is 46.7 Å². The average molecular weight is 274 g/mol. The fourth-order valence-corrected chi connectivity index (χ4v) is 1.72. The summed E-state index contributed by atoms with van der Waals surface area (Å²) in [5, 5.41) is 0. The van der Waals surface area contributed by atoms with Crippen LogP contribution < -0.4 is 5.73 Å². The van der Waals surface area contributed by atoms with Crippen LogP contribution in [0.15, 0.2) is 0 Å². The first kappa shape index (κ1) is 16.0. The standard InChI is InChI=1S/C12H22N2O5/c1-17-6-7-19-9-8-18-5-4-14-11(15)3-2-10(13)12(14)16/h10H,2-9,13H2,1H3. The third-order valence-electron chi connectivity index (χ3n) is 2.82. The van der Waals surface area contributed by atoms with Crippen molar-refractivity contribution in [2.24, 2.45) is 5.73 Å². The largest absolute Gasteiger partial charge is 0.382 e. The van der Waals surface area contributed by atoms with E-state index < -0.39 is 6.04 Å². The third-order valence-corrected chi connectivity index (χ3v) is 2.82. The number of likely N-dealkylation sites (tertiary alicyclic amines) is 1. The van der Waals surface area contributed by atoms with Gasteiger partial charge < -0.3 is 19.9 Å². The van der Waals surface area contributed by atoms with Gasteiger partial charge in [-0.1, -0.05) is 0 Å². The van der Waals surface area contributed by atoms with Crippen molar-refractivity contribution in [1.82, 2.24) is 4.90 Å². The summed E-state index contributed by atoms with van der Waals surface area (Å²) in [6, 6.07) is -0.560. The number of piperidine rings is 1. The Balaban J connectivity index is 2.08. The van der Waals surface area contributed by atoms with Gasteiger partial charge in [0.1, 0.15) is 0 Å². The van der Waals surface area contributed by atoms with E-state index in [0.717, 1.165) is 0 Å². The van der Waals surface area contributed by atoms with E-state index in [1.54, 1.807) is 7.11 Å². The summed E-state index contributed by atoms with van der Waals surface area (Å²) >= 11 is 0. The van der Waals surface area contributed by atoms with Crippen molar-refractivity contribution in [3.63, 3.8) is 0 Å². The molecule has 2 N–H and O–H groups in total. The Morgan fingerprint density at radius 3 is 2.47 bits per heavy atom. The van der Waals surface area contributed by atoms with Crippen LogP contribution in [0, 0.1) is 0 Å². The molecule has 1 heterocycles. The van der Waals surface area contributed by atoms with Gasteiger partial charge in [-0.15, -0.1) is 0 Å². The molecule has 0 aliphatic carbocycles. The molecule has 1 unspecified atom stereocenters. The lowest BCUT2D eigenvalue weighted by molar-refractivity contribution is -0.150. The average Bonchev–Trinajstić information content (AvgIpc) is 2.40. The molecule has 0 aromatic carbocycles. The van der Waals surface area contributed by atoms with Gasteiger partial charge in [0.05, 0.1) is 45.6 Å². The van der Waals surface area contributed by atoms with Crippen molar-refractivity contribution < 1.29 is 23.8 Å². The second-order valence-corrected chi connectivity index (χ2v) is 4.25. The van der Waals surface area contributed by atoms with Crippen LogP contribution in [-0.4, -0.2) is 69.4 Å². The minimum Gasteiger partial charge on any atom is -0.382 e. The van der Waals surface area contributed by atoms with Crippen molar-refractivity contribution in [3.8, 4) is 0 Å². The predicted molar refractivity (Wildman–Crippen MR) is 67.4 cm³/mol. The number of hydrogen-bond acceptors (Lipinski definition) is 6. The van der Waals surface area contributed by atoms with E-state index in [1.807, 2.05) is 0 Å². The van der Waals surface area contributed by atoms with Gasteiger partial charge in [-0.25, -0.2) is 0 Å². The Bertz CT molecular complexity index is 298. The molecular weight excluding hydrogens is 252 g/mol. The van der Waals surface area contributed by atoms with Crippen LogP contribution in [0.2, 0.25) is 0 Å². The fourth-order valence-electron chi connectivity index (χ4n) is 1.72. The molecule has 0 saturated carbocycles. The highest BCUT2D eigenvalue weighted by Crippen LogP contribution is 2.10. The number of hydrogen-bond donors (Lipinski definition) is 1. The quantitative estimate of drug-likeness (QED) is 0.435. The zero-order valence-electron chi connectivity index (χ0n) is 11.3. The first-order valence-electron chi connectivity index (χ1n) is 6.41. The molecule has 1 fully saturated rings. The summed E-state index contributed by atoms with van der Waals surface area (Å²) in [5.74, 6) is -0.483. The van der Waals surface area contributed by atoms with Gasteiger partial charge in [0, 0.05) is 13.5 Å². The van der Waals surface area contributed by atoms with Crippen molar-refractivity contribution in [1.29, 1.82) is 0 Å². The lowest BCUT2D eigenvalue weighted by Gasteiger charge is -2.28. The number of rotatable bonds is 9. The van der Waals surface area contributed by atoms with E-state index in [9.17, 15) is 9.59 Å². The maximum atomic E-state index is 11.7. The molecule has 19 heavy (non-hydrogen) atoms. The Labute approximate surface area is 113 Å². The predicted octanol–water partition coefficient (Wildman–Crippen LogP) is -0.858. The normalized spacial score (nSPS) is 20.1. The van der Waals surface area contributed by atoms with E-state index in [4.69, 9.17) is 19.9 Å². The maximum Gasteiger partial charge on any atom is 0.246 e. The molecule has 1 aliphatic rings. The molecule has 1 aliphatic heterocycles. The molecule has 7 heteroatoms. The summed E-state index contributed by atoms with van der Waals surface area (Å²) in [7, 11) is 1.61. The van der Waals surface area contributed by atoms with Gasteiger partial charge in [0.2, 0.25) is 11.8 Å². The summed E-state index contributed by atoms with van der Waals surface area (Å²) in [5.41, 5.74) is 5.61.